The van der Waals surface area contributed by atoms with Crippen molar-refractivity contribution < 1.29 is 0 Å². The van der Waals surface area contributed by atoms with Crippen LogP contribution in [0.2, 0.25) is 0 Å². The Kier molecular flexibility index (Phi) is 10.5. The van der Waals surface area contributed by atoms with Gasteiger partial charge in [-0.3, -0.25) is 0 Å². The summed E-state index contributed by atoms with van der Waals surface area (Å²) in [5.41, 5.74) is 23.7. The summed E-state index contributed by atoms with van der Waals surface area (Å²) in [6.45, 7) is 0. The Balaban J connectivity index is 0.974. The first kappa shape index (κ1) is 41.5. The van der Waals surface area contributed by atoms with Crippen molar-refractivity contribution in [3.8, 4) is 33.4 Å². The van der Waals surface area contributed by atoms with E-state index in [1.165, 1.54) is 121 Å². The third-order valence-electron chi connectivity index (χ3n) is 15.9. The number of nitrogens with zero attached hydrogens (tertiary/aromatic N) is 2. The minimum absolute atomic E-state index is 0.0561. The van der Waals surface area contributed by atoms with E-state index >= 15 is 0 Å². The van der Waals surface area contributed by atoms with Crippen LogP contribution in [0.3, 0.4) is 0 Å². The van der Waals surface area contributed by atoms with Gasteiger partial charge in [0.15, 0.2) is 0 Å². The number of para-hydroxylation sites is 2. The van der Waals surface area contributed by atoms with Gasteiger partial charge in [0.25, 0.3) is 0 Å². The van der Waals surface area contributed by atoms with E-state index in [9.17, 15) is 0 Å². The minimum Gasteiger partial charge on any atom is -0.333 e. The maximum atomic E-state index is 2.68. The van der Waals surface area contributed by atoms with Crippen molar-refractivity contribution >= 4 is 33.9 Å². The molecule has 3 atom stereocenters. The predicted molar refractivity (Wildman–Crippen MR) is 290 cm³/mol. The lowest BCUT2D eigenvalue weighted by Crippen LogP contribution is -2.36. The average Bonchev–Trinajstić information content (AvgIpc) is 3.90. The highest BCUT2D eigenvalue weighted by molar-refractivity contribution is 5.98. The first-order valence-electron chi connectivity index (χ1n) is 25.4. The van der Waals surface area contributed by atoms with Crippen LogP contribution in [0, 0.1) is 5.92 Å². The fraction of sp³-hybridized carbons (Fsp3) is 0.164. The molecule has 5 aliphatic carbocycles. The highest BCUT2D eigenvalue weighted by Crippen LogP contribution is 2.67. The van der Waals surface area contributed by atoms with E-state index in [1.807, 2.05) is 0 Å². The molecule has 0 saturated carbocycles. The van der Waals surface area contributed by atoms with Gasteiger partial charge < -0.3 is 9.80 Å². The Bertz CT molecular complexity index is 3320. The topological polar surface area (TPSA) is 6.48 Å². The van der Waals surface area contributed by atoms with Crippen LogP contribution in [-0.4, -0.2) is 6.04 Å². The Hall–Kier alpha value is -7.68. The maximum Gasteiger partial charge on any atom is 0.0635 e. The summed E-state index contributed by atoms with van der Waals surface area (Å²) in [5.74, 6) is 0.356. The summed E-state index contributed by atoms with van der Waals surface area (Å²) in [5, 5.41) is 0. The molecule has 0 amide bonds. The zero-order valence-corrected chi connectivity index (χ0v) is 39.1. The van der Waals surface area contributed by atoms with Crippen LogP contribution in [0.5, 0.6) is 0 Å². The van der Waals surface area contributed by atoms with Crippen molar-refractivity contribution in [3.63, 3.8) is 0 Å². The zero-order valence-electron chi connectivity index (χ0n) is 39.1. The summed E-state index contributed by atoms with van der Waals surface area (Å²) < 4.78 is 0. The first-order valence-corrected chi connectivity index (χ1v) is 25.4. The molecule has 0 heterocycles. The molecular weight excluding hydrogens is 833 g/mol. The summed E-state index contributed by atoms with van der Waals surface area (Å²) in [4.78, 5) is 5.16. The molecule has 0 aromatic heterocycles. The predicted octanol–water partition coefficient (Wildman–Crippen LogP) is 17.7. The normalized spacial score (nSPS) is 19.8. The van der Waals surface area contributed by atoms with Gasteiger partial charge in [0, 0.05) is 39.9 Å². The second-order valence-electron chi connectivity index (χ2n) is 19.6. The number of hydrogen-bond acceptors (Lipinski definition) is 2. The number of rotatable bonds is 9. The molecule has 3 unspecified atom stereocenters. The van der Waals surface area contributed by atoms with Gasteiger partial charge in [-0.15, -0.1) is 0 Å². The van der Waals surface area contributed by atoms with Crippen LogP contribution >= 0.6 is 0 Å². The van der Waals surface area contributed by atoms with E-state index in [4.69, 9.17) is 0 Å². The molecule has 0 fully saturated rings. The van der Waals surface area contributed by atoms with Gasteiger partial charge in [-0.25, -0.2) is 0 Å². The molecule has 0 bridgehead atoms. The fourth-order valence-electron chi connectivity index (χ4n) is 13.0. The van der Waals surface area contributed by atoms with Gasteiger partial charge in [-0.05, 0) is 167 Å². The molecule has 2 nitrogen and oxygen atoms in total. The number of hydrogen-bond donors (Lipinski definition) is 0. The van der Waals surface area contributed by atoms with Crippen molar-refractivity contribution in [3.05, 3.63) is 264 Å². The van der Waals surface area contributed by atoms with Gasteiger partial charge in [0.2, 0.25) is 0 Å². The molecule has 334 valence electrons. The zero-order chi connectivity index (χ0) is 45.7. The molecule has 0 radical (unpaired) electrons. The van der Waals surface area contributed by atoms with E-state index in [0.717, 1.165) is 25.7 Å². The average molecular weight is 889 g/mol. The van der Waals surface area contributed by atoms with Crippen LogP contribution < -0.4 is 9.80 Å². The van der Waals surface area contributed by atoms with E-state index < -0.39 is 0 Å². The number of benzene rings is 8. The molecule has 0 N–H and O–H groups in total. The van der Waals surface area contributed by atoms with Crippen LogP contribution in [-0.2, 0) is 5.41 Å². The molecule has 13 rings (SSSR count). The van der Waals surface area contributed by atoms with Crippen LogP contribution in [0.25, 0.3) is 44.5 Å². The van der Waals surface area contributed by atoms with Crippen LogP contribution in [0.15, 0.2) is 242 Å². The summed E-state index contributed by atoms with van der Waals surface area (Å²) >= 11 is 0. The molecular formula is C67H56N2. The first-order chi connectivity index (χ1) is 34.3. The SMILES string of the molecule is C1=CC2=C(c3ccccc3C23c2cc(-c4ccc(N(C5=CCCCC5)c5ccccc5)cc4)ccc2C2=CCCCC23)C(N(c2ccc(-c3ccccc3)cc2)c2ccccc2-c2ccccc2)C1. The van der Waals surface area contributed by atoms with E-state index in [-0.39, 0.29) is 11.5 Å². The number of fused-ring (bicyclic) bond motifs is 9. The lowest BCUT2D eigenvalue weighted by Gasteiger charge is -2.41. The van der Waals surface area contributed by atoms with E-state index in [2.05, 4.69) is 240 Å². The summed E-state index contributed by atoms with van der Waals surface area (Å²) in [6.07, 6.45) is 19.2. The molecule has 8 aromatic rings. The van der Waals surface area contributed by atoms with Crippen molar-refractivity contribution in [1.82, 2.24) is 0 Å². The van der Waals surface area contributed by atoms with E-state index in [0.29, 0.717) is 5.92 Å². The Labute approximate surface area is 407 Å². The maximum absolute atomic E-state index is 2.68. The van der Waals surface area contributed by atoms with Gasteiger partial charge >= 0.3 is 0 Å². The third-order valence-corrected chi connectivity index (χ3v) is 15.9. The van der Waals surface area contributed by atoms with Gasteiger partial charge in [0.1, 0.15) is 0 Å². The molecule has 0 aliphatic heterocycles. The van der Waals surface area contributed by atoms with Crippen LogP contribution in [0.1, 0.15) is 73.6 Å². The lowest BCUT2D eigenvalue weighted by atomic mass is 9.63. The van der Waals surface area contributed by atoms with Crippen molar-refractivity contribution in [2.24, 2.45) is 5.92 Å². The smallest absolute Gasteiger partial charge is 0.0635 e. The Morgan fingerprint density at radius 1 is 0.449 bits per heavy atom. The van der Waals surface area contributed by atoms with Gasteiger partial charge in [0.05, 0.1) is 11.5 Å². The minimum atomic E-state index is -0.308. The molecule has 69 heavy (non-hydrogen) atoms. The van der Waals surface area contributed by atoms with Crippen LogP contribution in [0.4, 0.5) is 22.7 Å². The quantitative estimate of drug-likeness (QED) is 0.142. The highest BCUT2D eigenvalue weighted by Gasteiger charge is 2.58. The standard InChI is InChI=1S/C67H56N2/c1-5-20-47(21-6-1)48-36-43-55(44-37-48)69(64-34-18-15-28-56(64)50-22-7-2-8-23-50)65-35-19-33-62-66(65)59-30-14-17-32-61(59)67(62)60-31-16-13-29-57(60)58-45-40-51(46-63(58)67)49-38-41-54(42-39-49)68(52-24-9-3-10-25-52)53-26-11-4-12-27-53/h1-3,5-10,14-15,17-26,28-30,32-34,36-46,60,65H,4,11-13,16,27,31,35H2. The highest BCUT2D eigenvalue weighted by atomic mass is 15.2. The van der Waals surface area contributed by atoms with Gasteiger partial charge in [-0.1, -0.05) is 182 Å². The second kappa shape index (κ2) is 17.4. The molecule has 0 saturated heterocycles. The summed E-state index contributed by atoms with van der Waals surface area (Å²) in [7, 11) is 0. The Morgan fingerprint density at radius 3 is 1.81 bits per heavy atom. The lowest BCUT2D eigenvalue weighted by molar-refractivity contribution is 0.435. The molecule has 1 spiro atoms. The van der Waals surface area contributed by atoms with Gasteiger partial charge in [-0.2, -0.15) is 0 Å². The number of allylic oxidation sites excluding steroid dienone is 6. The fourth-order valence-corrected chi connectivity index (χ4v) is 13.0. The number of anilines is 4. The third kappa shape index (κ3) is 6.91. The van der Waals surface area contributed by atoms with Crippen molar-refractivity contribution in [2.45, 2.75) is 62.8 Å². The van der Waals surface area contributed by atoms with E-state index in [1.54, 1.807) is 5.57 Å². The monoisotopic (exact) mass is 888 g/mol. The molecule has 5 aliphatic rings. The van der Waals surface area contributed by atoms with Crippen molar-refractivity contribution in [2.75, 3.05) is 9.80 Å². The summed E-state index contributed by atoms with van der Waals surface area (Å²) in [6, 6.07) is 77.5. The molecule has 8 aromatic carbocycles. The Morgan fingerprint density at radius 2 is 1.06 bits per heavy atom. The second-order valence-corrected chi connectivity index (χ2v) is 19.6. The van der Waals surface area contributed by atoms with Crippen molar-refractivity contribution in [1.29, 1.82) is 0 Å². The molecule has 2 heteroatoms. The largest absolute Gasteiger partial charge is 0.333 e.